The van der Waals surface area contributed by atoms with Crippen molar-refractivity contribution in [2.75, 3.05) is 0 Å². The second kappa shape index (κ2) is 6.08. The molecule has 0 aliphatic heterocycles. The van der Waals surface area contributed by atoms with Gasteiger partial charge >= 0.3 is 0 Å². The lowest BCUT2D eigenvalue weighted by atomic mass is 9.82. The SMILES string of the molecule is NC1CCCCC1Cc1ccn(C2CCCCC2)n1. The lowest BCUT2D eigenvalue weighted by Gasteiger charge is -2.28. The van der Waals surface area contributed by atoms with Crippen molar-refractivity contribution >= 4 is 0 Å². The van der Waals surface area contributed by atoms with Crippen LogP contribution >= 0.6 is 0 Å². The van der Waals surface area contributed by atoms with Gasteiger partial charge in [0.2, 0.25) is 0 Å². The Labute approximate surface area is 116 Å². The van der Waals surface area contributed by atoms with E-state index in [4.69, 9.17) is 10.8 Å². The summed E-state index contributed by atoms with van der Waals surface area (Å²) in [6, 6.07) is 3.27. The maximum absolute atomic E-state index is 6.24. The van der Waals surface area contributed by atoms with Crippen LogP contribution in [0.3, 0.4) is 0 Å². The Morgan fingerprint density at radius 3 is 2.58 bits per heavy atom. The van der Waals surface area contributed by atoms with Crippen LogP contribution in [0.1, 0.15) is 69.5 Å². The zero-order valence-corrected chi connectivity index (χ0v) is 11.9. The van der Waals surface area contributed by atoms with Gasteiger partial charge in [0.25, 0.3) is 0 Å². The minimum absolute atomic E-state index is 0.397. The van der Waals surface area contributed by atoms with Crippen molar-refractivity contribution in [2.45, 2.75) is 76.3 Å². The molecule has 0 spiro atoms. The first-order valence-electron chi connectivity index (χ1n) is 8.12. The minimum Gasteiger partial charge on any atom is -0.327 e. The zero-order chi connectivity index (χ0) is 13.1. The molecule has 2 saturated carbocycles. The second-order valence-electron chi connectivity index (χ2n) is 6.49. The van der Waals surface area contributed by atoms with Crippen LogP contribution in [0.5, 0.6) is 0 Å². The molecule has 2 aliphatic rings. The molecule has 1 aromatic heterocycles. The monoisotopic (exact) mass is 261 g/mol. The van der Waals surface area contributed by atoms with Crippen LogP contribution in [0.15, 0.2) is 12.3 Å². The Balaban J connectivity index is 1.60. The number of hydrogen-bond donors (Lipinski definition) is 1. The van der Waals surface area contributed by atoms with E-state index in [9.17, 15) is 0 Å². The quantitative estimate of drug-likeness (QED) is 0.905. The fourth-order valence-corrected chi connectivity index (χ4v) is 3.79. The molecule has 3 nitrogen and oxygen atoms in total. The Morgan fingerprint density at radius 2 is 1.79 bits per heavy atom. The molecule has 2 unspecified atom stereocenters. The summed E-state index contributed by atoms with van der Waals surface area (Å²) in [6.07, 6.45) is 15.2. The standard InChI is InChI=1S/C16H27N3/c17-16-9-5-4-6-13(16)12-14-10-11-19(18-14)15-7-2-1-3-8-15/h10-11,13,15-16H,1-9,12,17H2. The van der Waals surface area contributed by atoms with Crippen molar-refractivity contribution in [3.05, 3.63) is 18.0 Å². The molecule has 3 rings (SSSR count). The molecule has 0 saturated heterocycles. The molecule has 2 fully saturated rings. The summed E-state index contributed by atoms with van der Waals surface area (Å²) < 4.78 is 2.23. The van der Waals surface area contributed by atoms with Crippen molar-refractivity contribution < 1.29 is 0 Å². The van der Waals surface area contributed by atoms with Gasteiger partial charge in [-0.05, 0) is 44.1 Å². The molecule has 106 valence electrons. The predicted octanol–water partition coefficient (Wildman–Crippen LogP) is 3.45. The molecule has 19 heavy (non-hydrogen) atoms. The van der Waals surface area contributed by atoms with E-state index in [0.29, 0.717) is 18.0 Å². The summed E-state index contributed by atoms with van der Waals surface area (Å²) in [7, 11) is 0. The third-order valence-electron chi connectivity index (χ3n) is 5.05. The maximum atomic E-state index is 6.24. The second-order valence-corrected chi connectivity index (χ2v) is 6.49. The van der Waals surface area contributed by atoms with E-state index in [1.165, 1.54) is 63.5 Å². The van der Waals surface area contributed by atoms with Crippen molar-refractivity contribution in [1.82, 2.24) is 9.78 Å². The van der Waals surface area contributed by atoms with Gasteiger partial charge in [0.1, 0.15) is 0 Å². The highest BCUT2D eigenvalue weighted by Gasteiger charge is 2.23. The Morgan fingerprint density at radius 1 is 1.05 bits per heavy atom. The molecule has 0 amide bonds. The van der Waals surface area contributed by atoms with Gasteiger partial charge in [0.05, 0.1) is 11.7 Å². The van der Waals surface area contributed by atoms with Crippen LogP contribution in [0.25, 0.3) is 0 Å². The molecule has 0 radical (unpaired) electrons. The highest BCUT2D eigenvalue weighted by molar-refractivity contribution is 5.03. The van der Waals surface area contributed by atoms with Crippen LogP contribution in [0.2, 0.25) is 0 Å². The summed E-state index contributed by atoms with van der Waals surface area (Å²) in [6.45, 7) is 0. The van der Waals surface area contributed by atoms with E-state index in [-0.39, 0.29) is 0 Å². The fourth-order valence-electron chi connectivity index (χ4n) is 3.79. The highest BCUT2D eigenvalue weighted by Crippen LogP contribution is 2.29. The van der Waals surface area contributed by atoms with Gasteiger partial charge in [-0.25, -0.2) is 0 Å². The Kier molecular flexibility index (Phi) is 4.21. The molecule has 2 N–H and O–H groups in total. The Bertz CT molecular complexity index is 392. The van der Waals surface area contributed by atoms with Gasteiger partial charge in [0, 0.05) is 12.2 Å². The molecule has 1 heterocycles. The summed E-state index contributed by atoms with van der Waals surface area (Å²) in [5.74, 6) is 0.656. The number of hydrogen-bond acceptors (Lipinski definition) is 2. The van der Waals surface area contributed by atoms with Gasteiger partial charge in [-0.2, -0.15) is 5.10 Å². The summed E-state index contributed by atoms with van der Waals surface area (Å²) >= 11 is 0. The topological polar surface area (TPSA) is 43.8 Å². The summed E-state index contributed by atoms with van der Waals surface area (Å²) in [4.78, 5) is 0. The maximum Gasteiger partial charge on any atom is 0.0628 e. The smallest absolute Gasteiger partial charge is 0.0628 e. The normalized spacial score (nSPS) is 29.5. The first-order chi connectivity index (χ1) is 9.33. The zero-order valence-electron chi connectivity index (χ0n) is 11.9. The first kappa shape index (κ1) is 13.2. The molecule has 3 heteroatoms. The number of nitrogens with zero attached hydrogens (tertiary/aromatic N) is 2. The van der Waals surface area contributed by atoms with Crippen molar-refractivity contribution in [2.24, 2.45) is 11.7 Å². The van der Waals surface area contributed by atoms with Crippen LogP contribution < -0.4 is 5.73 Å². The van der Waals surface area contributed by atoms with Crippen molar-refractivity contribution in [3.8, 4) is 0 Å². The molecule has 1 aromatic rings. The summed E-state index contributed by atoms with van der Waals surface area (Å²) in [5.41, 5.74) is 7.50. The number of nitrogens with two attached hydrogens (primary N) is 1. The van der Waals surface area contributed by atoms with Crippen LogP contribution in [-0.2, 0) is 6.42 Å². The Hall–Kier alpha value is -0.830. The van der Waals surface area contributed by atoms with E-state index in [1.807, 2.05) is 0 Å². The van der Waals surface area contributed by atoms with Crippen molar-refractivity contribution in [1.29, 1.82) is 0 Å². The van der Waals surface area contributed by atoms with Crippen LogP contribution in [0.4, 0.5) is 0 Å². The lowest BCUT2D eigenvalue weighted by Crippen LogP contribution is -2.34. The van der Waals surface area contributed by atoms with Gasteiger partial charge < -0.3 is 5.73 Å². The largest absolute Gasteiger partial charge is 0.327 e. The van der Waals surface area contributed by atoms with Crippen LogP contribution in [-0.4, -0.2) is 15.8 Å². The minimum atomic E-state index is 0.397. The summed E-state index contributed by atoms with van der Waals surface area (Å²) in [5, 5.41) is 4.82. The first-order valence-corrected chi connectivity index (χ1v) is 8.12. The number of aromatic nitrogens is 2. The van der Waals surface area contributed by atoms with E-state index in [0.717, 1.165) is 6.42 Å². The van der Waals surface area contributed by atoms with Gasteiger partial charge in [0.15, 0.2) is 0 Å². The lowest BCUT2D eigenvalue weighted by molar-refractivity contribution is 0.299. The van der Waals surface area contributed by atoms with E-state index < -0.39 is 0 Å². The van der Waals surface area contributed by atoms with Crippen LogP contribution in [0, 0.1) is 5.92 Å². The molecule has 0 bridgehead atoms. The van der Waals surface area contributed by atoms with Crippen molar-refractivity contribution in [3.63, 3.8) is 0 Å². The van der Waals surface area contributed by atoms with Gasteiger partial charge in [-0.15, -0.1) is 0 Å². The third kappa shape index (κ3) is 3.19. The number of rotatable bonds is 3. The van der Waals surface area contributed by atoms with E-state index in [2.05, 4.69) is 16.9 Å². The molecule has 2 aliphatic carbocycles. The predicted molar refractivity (Wildman–Crippen MR) is 78.0 cm³/mol. The highest BCUT2D eigenvalue weighted by atomic mass is 15.3. The average Bonchev–Trinajstić information content (AvgIpc) is 2.91. The fraction of sp³-hybridized carbons (Fsp3) is 0.812. The average molecular weight is 261 g/mol. The van der Waals surface area contributed by atoms with Gasteiger partial charge in [-0.3, -0.25) is 4.68 Å². The van der Waals surface area contributed by atoms with E-state index >= 15 is 0 Å². The third-order valence-corrected chi connectivity index (χ3v) is 5.05. The molecular formula is C16H27N3. The van der Waals surface area contributed by atoms with E-state index in [1.54, 1.807) is 0 Å². The van der Waals surface area contributed by atoms with Gasteiger partial charge in [-0.1, -0.05) is 32.1 Å². The molecule has 2 atom stereocenters. The molecular weight excluding hydrogens is 234 g/mol. The molecule has 0 aromatic carbocycles.